The van der Waals surface area contributed by atoms with Crippen LogP contribution in [0.1, 0.15) is 30.0 Å². The standard InChI is InChI=1S/C11H11F2NO2/c12-6-4-8-7(9(13)5-6)2-1-3-10(8)14-11(15)16/h4-5,10,14H,1-3H2,(H,15,16). The molecule has 2 rings (SSSR count). The van der Waals surface area contributed by atoms with Gasteiger partial charge in [0, 0.05) is 6.07 Å². The fraction of sp³-hybridized carbons (Fsp3) is 0.364. The number of nitrogens with one attached hydrogen (secondary N) is 1. The monoisotopic (exact) mass is 227 g/mol. The number of amides is 1. The molecule has 1 atom stereocenters. The third kappa shape index (κ3) is 1.98. The van der Waals surface area contributed by atoms with Crippen LogP contribution in [0.3, 0.4) is 0 Å². The summed E-state index contributed by atoms with van der Waals surface area (Å²) in [6.45, 7) is 0. The fourth-order valence-electron chi connectivity index (χ4n) is 2.14. The average Bonchev–Trinajstić information content (AvgIpc) is 2.18. The summed E-state index contributed by atoms with van der Waals surface area (Å²) in [6, 6.07) is 1.53. The molecule has 1 amide bonds. The smallest absolute Gasteiger partial charge is 0.405 e. The maximum atomic E-state index is 13.4. The van der Waals surface area contributed by atoms with Crippen LogP contribution in [0, 0.1) is 11.6 Å². The zero-order chi connectivity index (χ0) is 11.7. The number of fused-ring (bicyclic) bond motifs is 1. The molecule has 0 heterocycles. The molecule has 1 aliphatic carbocycles. The Labute approximate surface area is 91.1 Å². The van der Waals surface area contributed by atoms with Gasteiger partial charge in [-0.25, -0.2) is 13.6 Å². The number of benzene rings is 1. The molecule has 0 saturated heterocycles. The highest BCUT2D eigenvalue weighted by molar-refractivity contribution is 5.65. The molecule has 5 heteroatoms. The van der Waals surface area contributed by atoms with Crippen molar-refractivity contribution in [3.8, 4) is 0 Å². The highest BCUT2D eigenvalue weighted by Crippen LogP contribution is 2.31. The molecule has 2 N–H and O–H groups in total. The summed E-state index contributed by atoms with van der Waals surface area (Å²) in [5.41, 5.74) is 0.845. The van der Waals surface area contributed by atoms with E-state index >= 15 is 0 Å². The highest BCUT2D eigenvalue weighted by Gasteiger charge is 2.24. The van der Waals surface area contributed by atoms with Crippen molar-refractivity contribution in [1.82, 2.24) is 5.32 Å². The van der Waals surface area contributed by atoms with Crippen LogP contribution in [0.2, 0.25) is 0 Å². The zero-order valence-electron chi connectivity index (χ0n) is 8.46. The summed E-state index contributed by atoms with van der Waals surface area (Å²) in [5, 5.41) is 10.9. The molecule has 0 aliphatic heterocycles. The van der Waals surface area contributed by atoms with Crippen molar-refractivity contribution in [1.29, 1.82) is 0 Å². The van der Waals surface area contributed by atoms with Gasteiger partial charge in [0.1, 0.15) is 11.6 Å². The number of halogens is 2. The Morgan fingerprint density at radius 3 is 2.88 bits per heavy atom. The summed E-state index contributed by atoms with van der Waals surface area (Å²) in [5.74, 6) is -1.26. The Balaban J connectivity index is 2.41. The minimum absolute atomic E-state index is 0.422. The average molecular weight is 227 g/mol. The van der Waals surface area contributed by atoms with Gasteiger partial charge in [0.15, 0.2) is 0 Å². The summed E-state index contributed by atoms with van der Waals surface area (Å²) in [6.07, 6.45) is 0.615. The fourth-order valence-corrected chi connectivity index (χ4v) is 2.14. The Morgan fingerprint density at radius 2 is 2.19 bits per heavy atom. The first-order valence-electron chi connectivity index (χ1n) is 5.05. The van der Waals surface area contributed by atoms with E-state index < -0.39 is 23.8 Å². The van der Waals surface area contributed by atoms with E-state index in [2.05, 4.69) is 5.32 Å². The molecule has 16 heavy (non-hydrogen) atoms. The van der Waals surface area contributed by atoms with Crippen LogP contribution < -0.4 is 5.32 Å². The van der Waals surface area contributed by atoms with Crippen LogP contribution in [0.15, 0.2) is 12.1 Å². The predicted octanol–water partition coefficient (Wildman–Crippen LogP) is 2.61. The van der Waals surface area contributed by atoms with Crippen LogP contribution in [0.25, 0.3) is 0 Å². The van der Waals surface area contributed by atoms with Crippen molar-refractivity contribution in [3.63, 3.8) is 0 Å². The van der Waals surface area contributed by atoms with Crippen molar-refractivity contribution in [2.75, 3.05) is 0 Å². The first-order chi connectivity index (χ1) is 7.58. The van der Waals surface area contributed by atoms with Crippen LogP contribution in [0.5, 0.6) is 0 Å². The zero-order valence-corrected chi connectivity index (χ0v) is 8.46. The Hall–Kier alpha value is -1.65. The van der Waals surface area contributed by atoms with Crippen molar-refractivity contribution in [3.05, 3.63) is 34.9 Å². The van der Waals surface area contributed by atoms with Gasteiger partial charge in [-0.15, -0.1) is 0 Å². The molecular weight excluding hydrogens is 216 g/mol. The normalized spacial score (nSPS) is 19.0. The molecule has 1 unspecified atom stereocenters. The van der Waals surface area contributed by atoms with Crippen molar-refractivity contribution >= 4 is 6.09 Å². The number of hydrogen-bond acceptors (Lipinski definition) is 1. The van der Waals surface area contributed by atoms with Gasteiger partial charge in [-0.2, -0.15) is 0 Å². The molecule has 86 valence electrons. The number of rotatable bonds is 1. The number of carbonyl (C=O) groups is 1. The molecule has 0 aromatic heterocycles. The van der Waals surface area contributed by atoms with Crippen LogP contribution >= 0.6 is 0 Å². The molecule has 0 fully saturated rings. The second-order valence-electron chi connectivity index (χ2n) is 3.85. The van der Waals surface area contributed by atoms with Gasteiger partial charge in [0.05, 0.1) is 6.04 Å². The largest absolute Gasteiger partial charge is 0.465 e. The summed E-state index contributed by atoms with van der Waals surface area (Å²) >= 11 is 0. The molecule has 0 spiro atoms. The van der Waals surface area contributed by atoms with E-state index in [0.29, 0.717) is 30.4 Å². The lowest BCUT2D eigenvalue weighted by Gasteiger charge is -2.25. The Kier molecular flexibility index (Phi) is 2.77. The number of hydrogen-bond donors (Lipinski definition) is 2. The molecule has 1 aromatic carbocycles. The lowest BCUT2D eigenvalue weighted by Crippen LogP contribution is -2.30. The quantitative estimate of drug-likeness (QED) is 0.774. The van der Waals surface area contributed by atoms with E-state index in [4.69, 9.17) is 5.11 Å². The Bertz CT molecular complexity index is 434. The highest BCUT2D eigenvalue weighted by atomic mass is 19.1. The van der Waals surface area contributed by atoms with Gasteiger partial charge in [0.2, 0.25) is 0 Å². The van der Waals surface area contributed by atoms with Crippen LogP contribution in [-0.4, -0.2) is 11.2 Å². The van der Waals surface area contributed by atoms with Gasteiger partial charge in [-0.1, -0.05) is 0 Å². The molecule has 0 saturated carbocycles. The molecular formula is C11H11F2NO2. The van der Waals surface area contributed by atoms with Gasteiger partial charge in [0.25, 0.3) is 0 Å². The summed E-state index contributed by atoms with van der Waals surface area (Å²) < 4.78 is 26.5. The summed E-state index contributed by atoms with van der Waals surface area (Å²) in [4.78, 5) is 10.5. The maximum absolute atomic E-state index is 13.4. The van der Waals surface area contributed by atoms with E-state index in [-0.39, 0.29) is 0 Å². The van der Waals surface area contributed by atoms with Gasteiger partial charge >= 0.3 is 6.09 Å². The Morgan fingerprint density at radius 1 is 1.44 bits per heavy atom. The van der Waals surface area contributed by atoms with E-state index in [0.717, 1.165) is 6.07 Å². The molecule has 0 bridgehead atoms. The third-order valence-corrected chi connectivity index (χ3v) is 2.79. The minimum atomic E-state index is -1.18. The van der Waals surface area contributed by atoms with E-state index in [1.54, 1.807) is 0 Å². The topological polar surface area (TPSA) is 49.3 Å². The van der Waals surface area contributed by atoms with Crippen LogP contribution in [-0.2, 0) is 6.42 Å². The van der Waals surface area contributed by atoms with Gasteiger partial charge in [-0.3, -0.25) is 0 Å². The first-order valence-corrected chi connectivity index (χ1v) is 5.05. The molecule has 1 aromatic rings. The minimum Gasteiger partial charge on any atom is -0.465 e. The predicted molar refractivity (Wildman–Crippen MR) is 53.2 cm³/mol. The molecule has 1 aliphatic rings. The first kappa shape index (κ1) is 10.9. The van der Waals surface area contributed by atoms with Crippen LogP contribution in [0.4, 0.5) is 13.6 Å². The third-order valence-electron chi connectivity index (χ3n) is 2.79. The van der Waals surface area contributed by atoms with Crippen molar-refractivity contribution in [2.45, 2.75) is 25.3 Å². The summed E-state index contributed by atoms with van der Waals surface area (Å²) in [7, 11) is 0. The SMILES string of the molecule is O=C(O)NC1CCCc2c(F)cc(F)cc21. The second kappa shape index (κ2) is 4.08. The lowest BCUT2D eigenvalue weighted by atomic mass is 9.87. The second-order valence-corrected chi connectivity index (χ2v) is 3.85. The lowest BCUT2D eigenvalue weighted by molar-refractivity contribution is 0.188. The number of carboxylic acid groups (broad SMARTS) is 1. The maximum Gasteiger partial charge on any atom is 0.405 e. The van der Waals surface area contributed by atoms with Gasteiger partial charge in [-0.05, 0) is 36.5 Å². The van der Waals surface area contributed by atoms with Crippen molar-refractivity contribution < 1.29 is 18.7 Å². The molecule has 3 nitrogen and oxygen atoms in total. The van der Waals surface area contributed by atoms with E-state index in [1.807, 2.05) is 0 Å². The van der Waals surface area contributed by atoms with E-state index in [1.165, 1.54) is 6.07 Å². The van der Waals surface area contributed by atoms with Crippen molar-refractivity contribution in [2.24, 2.45) is 0 Å². The van der Waals surface area contributed by atoms with Gasteiger partial charge < -0.3 is 10.4 Å². The molecule has 0 radical (unpaired) electrons. The van der Waals surface area contributed by atoms with E-state index in [9.17, 15) is 13.6 Å².